The fourth-order valence-electron chi connectivity index (χ4n) is 3.11. The van der Waals surface area contributed by atoms with Crippen molar-refractivity contribution in [2.45, 2.75) is 33.1 Å². The summed E-state index contributed by atoms with van der Waals surface area (Å²) in [6.07, 6.45) is 2.98. The summed E-state index contributed by atoms with van der Waals surface area (Å²) >= 11 is 5.82. The normalized spacial score (nSPS) is 14.9. The van der Waals surface area contributed by atoms with Crippen LogP contribution in [-0.2, 0) is 11.2 Å². The second-order valence-corrected chi connectivity index (χ2v) is 6.73. The van der Waals surface area contributed by atoms with Crippen LogP contribution in [0.15, 0.2) is 41.5 Å². The van der Waals surface area contributed by atoms with E-state index in [1.165, 1.54) is 16.7 Å². The molecule has 5 heteroatoms. The molecule has 0 atom stereocenters. The van der Waals surface area contributed by atoms with Crippen LogP contribution in [0.5, 0.6) is 5.75 Å². The molecule has 130 valence electrons. The van der Waals surface area contributed by atoms with E-state index in [-0.39, 0.29) is 12.5 Å². The molecule has 0 radical (unpaired) electrons. The maximum Gasteiger partial charge on any atom is 0.277 e. The maximum atomic E-state index is 12.0. The second-order valence-electron chi connectivity index (χ2n) is 6.30. The summed E-state index contributed by atoms with van der Waals surface area (Å²) in [4.78, 5) is 12.0. The van der Waals surface area contributed by atoms with Gasteiger partial charge in [-0.15, -0.1) is 0 Å². The third-order valence-electron chi connectivity index (χ3n) is 4.27. The fourth-order valence-corrected chi connectivity index (χ4v) is 3.24. The Hall–Kier alpha value is -2.33. The lowest BCUT2D eigenvalue weighted by atomic mass is 9.86. The van der Waals surface area contributed by atoms with Gasteiger partial charge in [0.15, 0.2) is 6.61 Å². The van der Waals surface area contributed by atoms with Gasteiger partial charge < -0.3 is 4.74 Å². The van der Waals surface area contributed by atoms with Gasteiger partial charge in [0.2, 0.25) is 0 Å². The summed E-state index contributed by atoms with van der Waals surface area (Å²) in [6.45, 7) is 4.13. The highest BCUT2D eigenvalue weighted by Crippen LogP contribution is 2.26. The van der Waals surface area contributed by atoms with E-state index in [9.17, 15) is 4.79 Å². The number of ether oxygens (including phenoxy) is 1. The Bertz CT molecular complexity index is 813. The van der Waals surface area contributed by atoms with E-state index < -0.39 is 0 Å². The van der Waals surface area contributed by atoms with Crippen LogP contribution in [0.2, 0.25) is 5.02 Å². The van der Waals surface area contributed by atoms with Gasteiger partial charge in [0.05, 0.1) is 5.71 Å². The van der Waals surface area contributed by atoms with E-state index in [0.29, 0.717) is 10.8 Å². The molecule has 0 unspecified atom stereocenters. The molecule has 0 aromatic heterocycles. The summed E-state index contributed by atoms with van der Waals surface area (Å²) < 4.78 is 5.43. The van der Waals surface area contributed by atoms with Crippen LogP contribution in [0.25, 0.3) is 0 Å². The number of fused-ring (bicyclic) bond motifs is 1. The number of aryl methyl sites for hydroxylation is 2. The zero-order chi connectivity index (χ0) is 17.8. The van der Waals surface area contributed by atoms with E-state index in [1.54, 1.807) is 24.3 Å². The van der Waals surface area contributed by atoms with Crippen molar-refractivity contribution in [2.75, 3.05) is 6.61 Å². The Morgan fingerprint density at radius 3 is 2.72 bits per heavy atom. The van der Waals surface area contributed by atoms with E-state index in [0.717, 1.165) is 30.5 Å². The zero-order valence-corrected chi connectivity index (χ0v) is 15.2. The van der Waals surface area contributed by atoms with Crippen LogP contribution in [0.3, 0.4) is 0 Å². The standard InChI is InChI=1S/C20H21ClN2O2/c1-13-10-14(2)17-4-3-5-19(18(17)11-13)22-23-20(24)12-25-16-8-6-15(21)7-9-16/h6-11H,3-5,12H2,1-2H3,(H,23,24). The van der Waals surface area contributed by atoms with Crippen molar-refractivity contribution in [3.8, 4) is 5.75 Å². The second kappa shape index (κ2) is 7.70. The van der Waals surface area contributed by atoms with Crippen molar-refractivity contribution in [1.82, 2.24) is 5.43 Å². The van der Waals surface area contributed by atoms with Crippen molar-refractivity contribution in [1.29, 1.82) is 0 Å². The average Bonchev–Trinajstić information content (AvgIpc) is 2.59. The van der Waals surface area contributed by atoms with Gasteiger partial charge in [0.1, 0.15) is 5.75 Å². The van der Waals surface area contributed by atoms with Gasteiger partial charge in [-0.3, -0.25) is 4.79 Å². The third kappa shape index (κ3) is 4.40. The summed E-state index contributed by atoms with van der Waals surface area (Å²) in [7, 11) is 0. The lowest BCUT2D eigenvalue weighted by Gasteiger charge is -2.20. The van der Waals surface area contributed by atoms with Crippen LogP contribution >= 0.6 is 11.6 Å². The minimum atomic E-state index is -0.279. The fraction of sp³-hybridized carbons (Fsp3) is 0.300. The first kappa shape index (κ1) is 17.5. The molecule has 1 aliphatic rings. The molecular weight excluding hydrogens is 336 g/mol. The third-order valence-corrected chi connectivity index (χ3v) is 4.52. The number of amides is 1. The van der Waals surface area contributed by atoms with Crippen LogP contribution in [0, 0.1) is 13.8 Å². The Morgan fingerprint density at radius 2 is 1.96 bits per heavy atom. The molecule has 0 aliphatic heterocycles. The van der Waals surface area contributed by atoms with Gasteiger partial charge in [0.25, 0.3) is 5.91 Å². The van der Waals surface area contributed by atoms with E-state index in [1.807, 2.05) is 0 Å². The van der Waals surface area contributed by atoms with Crippen molar-refractivity contribution in [3.05, 3.63) is 63.7 Å². The first-order valence-electron chi connectivity index (χ1n) is 8.37. The van der Waals surface area contributed by atoms with Crippen LogP contribution in [0.4, 0.5) is 0 Å². The number of carbonyl (C=O) groups excluding carboxylic acids is 1. The lowest BCUT2D eigenvalue weighted by molar-refractivity contribution is -0.123. The molecule has 0 bridgehead atoms. The van der Waals surface area contributed by atoms with Gasteiger partial charge in [-0.05, 0) is 74.6 Å². The van der Waals surface area contributed by atoms with E-state index in [2.05, 4.69) is 36.5 Å². The molecule has 1 amide bonds. The summed E-state index contributed by atoms with van der Waals surface area (Å²) in [6, 6.07) is 11.2. The average molecular weight is 357 g/mol. The quantitative estimate of drug-likeness (QED) is 0.835. The topological polar surface area (TPSA) is 50.7 Å². The largest absolute Gasteiger partial charge is 0.484 e. The van der Waals surface area contributed by atoms with Crippen LogP contribution < -0.4 is 10.2 Å². The smallest absolute Gasteiger partial charge is 0.277 e. The van der Waals surface area contributed by atoms with E-state index in [4.69, 9.17) is 16.3 Å². The highest BCUT2D eigenvalue weighted by atomic mass is 35.5. The van der Waals surface area contributed by atoms with Gasteiger partial charge in [-0.2, -0.15) is 5.10 Å². The summed E-state index contributed by atoms with van der Waals surface area (Å²) in [5, 5.41) is 4.98. The predicted octanol–water partition coefficient (Wildman–Crippen LogP) is 4.19. The molecule has 3 rings (SSSR count). The van der Waals surface area contributed by atoms with Gasteiger partial charge in [-0.1, -0.05) is 23.2 Å². The molecule has 2 aromatic carbocycles. The summed E-state index contributed by atoms with van der Waals surface area (Å²) in [5.41, 5.74) is 8.54. The molecule has 2 aromatic rings. The molecule has 0 spiro atoms. The number of carbonyl (C=O) groups is 1. The van der Waals surface area contributed by atoms with Crippen molar-refractivity contribution in [2.24, 2.45) is 5.10 Å². The molecular formula is C20H21ClN2O2. The SMILES string of the molecule is Cc1cc(C)c2c(c1)C(=NNC(=O)COc1ccc(Cl)cc1)CCC2. The molecule has 4 nitrogen and oxygen atoms in total. The molecule has 0 heterocycles. The molecule has 25 heavy (non-hydrogen) atoms. The van der Waals surface area contributed by atoms with Crippen LogP contribution in [0.1, 0.15) is 35.1 Å². The number of benzene rings is 2. The minimum absolute atomic E-state index is 0.0852. The number of hydrogen-bond acceptors (Lipinski definition) is 3. The number of nitrogens with one attached hydrogen (secondary N) is 1. The van der Waals surface area contributed by atoms with Gasteiger partial charge in [-0.25, -0.2) is 5.43 Å². The number of hydrazone groups is 1. The molecule has 0 saturated heterocycles. The highest BCUT2D eigenvalue weighted by molar-refractivity contribution is 6.30. The number of rotatable bonds is 4. The number of nitrogens with zero attached hydrogens (tertiary/aromatic N) is 1. The zero-order valence-electron chi connectivity index (χ0n) is 14.4. The molecule has 1 aliphatic carbocycles. The Labute approximate surface area is 152 Å². The van der Waals surface area contributed by atoms with Crippen molar-refractivity contribution in [3.63, 3.8) is 0 Å². The van der Waals surface area contributed by atoms with Gasteiger partial charge >= 0.3 is 0 Å². The number of hydrogen-bond donors (Lipinski definition) is 1. The van der Waals surface area contributed by atoms with Crippen LogP contribution in [-0.4, -0.2) is 18.2 Å². The Kier molecular flexibility index (Phi) is 5.39. The minimum Gasteiger partial charge on any atom is -0.484 e. The Morgan fingerprint density at radius 1 is 1.20 bits per heavy atom. The molecule has 0 saturated carbocycles. The monoisotopic (exact) mass is 356 g/mol. The number of halogens is 1. The predicted molar refractivity (Wildman–Crippen MR) is 100 cm³/mol. The van der Waals surface area contributed by atoms with Crippen molar-refractivity contribution >= 4 is 23.2 Å². The van der Waals surface area contributed by atoms with Gasteiger partial charge in [0, 0.05) is 10.6 Å². The lowest BCUT2D eigenvalue weighted by Crippen LogP contribution is -2.27. The highest BCUT2D eigenvalue weighted by Gasteiger charge is 2.18. The Balaban J connectivity index is 1.64. The first-order valence-corrected chi connectivity index (χ1v) is 8.75. The first-order chi connectivity index (χ1) is 12.0. The maximum absolute atomic E-state index is 12.0. The molecule has 1 N–H and O–H groups in total. The van der Waals surface area contributed by atoms with E-state index >= 15 is 0 Å². The van der Waals surface area contributed by atoms with Crippen molar-refractivity contribution < 1.29 is 9.53 Å². The summed E-state index contributed by atoms with van der Waals surface area (Å²) in [5.74, 6) is 0.320. The molecule has 0 fully saturated rings.